The highest BCUT2D eigenvalue weighted by atomic mass is 79.9. The summed E-state index contributed by atoms with van der Waals surface area (Å²) in [6.45, 7) is 0.207. The first-order chi connectivity index (χ1) is 10.2. The predicted molar refractivity (Wildman–Crippen MR) is 83.1 cm³/mol. The Morgan fingerprint density at radius 3 is 2.62 bits per heavy atom. The fourth-order valence-electron chi connectivity index (χ4n) is 1.89. The lowest BCUT2D eigenvalue weighted by molar-refractivity contribution is -0.386. The number of halogens is 1. The summed E-state index contributed by atoms with van der Waals surface area (Å²) in [5.41, 5.74) is 1.62. The zero-order chi connectivity index (χ0) is 15.2. The molecule has 2 aromatic rings. The number of nitro groups is 1. The van der Waals surface area contributed by atoms with Gasteiger partial charge in [-0.2, -0.15) is 0 Å². The van der Waals surface area contributed by atoms with Gasteiger partial charge < -0.3 is 9.47 Å². The van der Waals surface area contributed by atoms with E-state index in [1.807, 2.05) is 24.3 Å². The summed E-state index contributed by atoms with van der Waals surface area (Å²) in [6, 6.07) is 12.3. The summed E-state index contributed by atoms with van der Waals surface area (Å²) >= 11 is 3.28. The molecule has 110 valence electrons. The molecule has 0 unspecified atom stereocenters. The number of ether oxygens (including phenoxy) is 2. The molecular weight excluding hydrogens is 338 g/mol. The van der Waals surface area contributed by atoms with E-state index in [2.05, 4.69) is 15.9 Å². The molecule has 0 heterocycles. The molecule has 0 aliphatic carbocycles. The number of benzene rings is 2. The molecule has 0 spiro atoms. The standard InChI is InChI=1S/C15H14BrNO4/c1-20-14-5-3-2-4-12(14)10-21-15-7-6-11(9-16)8-13(15)17(18)19/h2-8H,9-10H2,1H3. The molecule has 5 nitrogen and oxygen atoms in total. The predicted octanol–water partition coefficient (Wildman–Crippen LogP) is 4.08. The largest absolute Gasteiger partial charge is 0.496 e. The zero-order valence-corrected chi connectivity index (χ0v) is 13.0. The van der Waals surface area contributed by atoms with Crippen LogP contribution in [0.5, 0.6) is 11.5 Å². The van der Waals surface area contributed by atoms with Gasteiger partial charge in [0.2, 0.25) is 0 Å². The van der Waals surface area contributed by atoms with E-state index in [0.717, 1.165) is 11.1 Å². The van der Waals surface area contributed by atoms with Crippen LogP contribution in [-0.2, 0) is 11.9 Å². The van der Waals surface area contributed by atoms with E-state index in [1.165, 1.54) is 6.07 Å². The normalized spacial score (nSPS) is 10.2. The summed E-state index contributed by atoms with van der Waals surface area (Å²) in [4.78, 5) is 10.7. The number of hydrogen-bond acceptors (Lipinski definition) is 4. The molecule has 6 heteroatoms. The SMILES string of the molecule is COc1ccccc1COc1ccc(CBr)cc1[N+](=O)[O-]. The minimum atomic E-state index is -0.441. The van der Waals surface area contributed by atoms with Gasteiger partial charge >= 0.3 is 5.69 Å². The third-order valence-electron chi connectivity index (χ3n) is 2.95. The number of alkyl halides is 1. The lowest BCUT2D eigenvalue weighted by atomic mass is 10.2. The Bertz CT molecular complexity index is 645. The minimum absolute atomic E-state index is 0.0400. The zero-order valence-electron chi connectivity index (χ0n) is 11.4. The van der Waals surface area contributed by atoms with Gasteiger partial charge in [0.05, 0.1) is 12.0 Å². The van der Waals surface area contributed by atoms with Crippen molar-refractivity contribution in [3.63, 3.8) is 0 Å². The van der Waals surface area contributed by atoms with Crippen molar-refractivity contribution < 1.29 is 14.4 Å². The maximum atomic E-state index is 11.1. The maximum absolute atomic E-state index is 11.1. The molecule has 2 rings (SSSR count). The smallest absolute Gasteiger partial charge is 0.311 e. The Morgan fingerprint density at radius 1 is 1.19 bits per heavy atom. The molecule has 0 radical (unpaired) electrons. The first-order valence-electron chi connectivity index (χ1n) is 6.23. The maximum Gasteiger partial charge on any atom is 0.311 e. The Morgan fingerprint density at radius 2 is 1.95 bits per heavy atom. The monoisotopic (exact) mass is 351 g/mol. The molecule has 0 aromatic heterocycles. The lowest BCUT2D eigenvalue weighted by Gasteiger charge is -2.10. The molecule has 0 aliphatic heterocycles. The highest BCUT2D eigenvalue weighted by Gasteiger charge is 2.16. The first-order valence-corrected chi connectivity index (χ1v) is 7.36. The van der Waals surface area contributed by atoms with E-state index in [-0.39, 0.29) is 18.0 Å². The molecule has 0 saturated heterocycles. The molecule has 0 saturated carbocycles. The van der Waals surface area contributed by atoms with Crippen molar-refractivity contribution in [1.29, 1.82) is 0 Å². The van der Waals surface area contributed by atoms with Gasteiger partial charge in [0.15, 0.2) is 5.75 Å². The highest BCUT2D eigenvalue weighted by Crippen LogP contribution is 2.30. The van der Waals surface area contributed by atoms with Crippen LogP contribution in [0.3, 0.4) is 0 Å². The molecule has 0 bridgehead atoms. The Labute approximate surface area is 130 Å². The van der Waals surface area contributed by atoms with E-state index in [4.69, 9.17) is 9.47 Å². The number of methoxy groups -OCH3 is 1. The van der Waals surface area contributed by atoms with Crippen molar-refractivity contribution in [3.05, 3.63) is 63.7 Å². The fourth-order valence-corrected chi connectivity index (χ4v) is 2.24. The molecule has 0 fully saturated rings. The first kappa shape index (κ1) is 15.3. The lowest BCUT2D eigenvalue weighted by Crippen LogP contribution is -2.01. The van der Waals surface area contributed by atoms with Crippen molar-refractivity contribution in [2.45, 2.75) is 11.9 Å². The number of nitrogens with zero attached hydrogens (tertiary/aromatic N) is 1. The number of hydrogen-bond donors (Lipinski definition) is 0. The number of rotatable bonds is 6. The van der Waals surface area contributed by atoms with Crippen molar-refractivity contribution in [3.8, 4) is 11.5 Å². The molecule has 21 heavy (non-hydrogen) atoms. The van der Waals surface area contributed by atoms with Crippen molar-refractivity contribution >= 4 is 21.6 Å². The summed E-state index contributed by atoms with van der Waals surface area (Å²) < 4.78 is 10.8. The topological polar surface area (TPSA) is 61.6 Å². The van der Waals surface area contributed by atoms with Gasteiger partial charge in [-0.3, -0.25) is 10.1 Å². The van der Waals surface area contributed by atoms with Crippen molar-refractivity contribution in [2.24, 2.45) is 0 Å². The van der Waals surface area contributed by atoms with Gasteiger partial charge in [0.25, 0.3) is 0 Å². The van der Waals surface area contributed by atoms with Crippen LogP contribution in [-0.4, -0.2) is 12.0 Å². The summed E-state index contributed by atoms with van der Waals surface area (Å²) in [6.07, 6.45) is 0. The number of nitro benzene ring substituents is 1. The van der Waals surface area contributed by atoms with E-state index < -0.39 is 4.92 Å². The molecule has 0 amide bonds. The van der Waals surface area contributed by atoms with Crippen LogP contribution in [0.4, 0.5) is 5.69 Å². The summed E-state index contributed by atoms with van der Waals surface area (Å²) in [5, 5.41) is 11.7. The second-order valence-corrected chi connectivity index (χ2v) is 4.85. The molecular formula is C15H14BrNO4. The second kappa shape index (κ2) is 7.08. The Balaban J connectivity index is 2.21. The van der Waals surface area contributed by atoms with E-state index >= 15 is 0 Å². The average molecular weight is 352 g/mol. The van der Waals surface area contributed by atoms with E-state index in [9.17, 15) is 10.1 Å². The Hall–Kier alpha value is -2.08. The van der Waals surface area contributed by atoms with Gasteiger partial charge in [-0.1, -0.05) is 40.2 Å². The van der Waals surface area contributed by atoms with Gasteiger partial charge in [0, 0.05) is 17.0 Å². The van der Waals surface area contributed by atoms with Crippen molar-refractivity contribution in [2.75, 3.05) is 7.11 Å². The fraction of sp³-hybridized carbons (Fsp3) is 0.200. The quantitative estimate of drug-likeness (QED) is 0.447. The summed E-state index contributed by atoms with van der Waals surface area (Å²) in [7, 11) is 1.58. The molecule has 0 N–H and O–H groups in total. The van der Waals surface area contributed by atoms with Gasteiger partial charge in [-0.15, -0.1) is 0 Å². The third kappa shape index (κ3) is 3.72. The van der Waals surface area contributed by atoms with Crippen LogP contribution in [0.1, 0.15) is 11.1 Å². The second-order valence-electron chi connectivity index (χ2n) is 4.29. The Kier molecular flexibility index (Phi) is 5.16. The van der Waals surface area contributed by atoms with Gasteiger partial charge in [0.1, 0.15) is 12.4 Å². The summed E-state index contributed by atoms with van der Waals surface area (Å²) in [5.74, 6) is 0.938. The third-order valence-corrected chi connectivity index (χ3v) is 3.60. The van der Waals surface area contributed by atoms with Crippen LogP contribution in [0.25, 0.3) is 0 Å². The minimum Gasteiger partial charge on any atom is -0.496 e. The molecule has 0 atom stereocenters. The van der Waals surface area contributed by atoms with Crippen molar-refractivity contribution in [1.82, 2.24) is 0 Å². The molecule has 0 aliphatic rings. The van der Waals surface area contributed by atoms with Gasteiger partial charge in [-0.25, -0.2) is 0 Å². The van der Waals surface area contributed by atoms with E-state index in [1.54, 1.807) is 19.2 Å². The van der Waals surface area contributed by atoms with Crippen LogP contribution in [0.2, 0.25) is 0 Å². The number of para-hydroxylation sites is 1. The highest BCUT2D eigenvalue weighted by molar-refractivity contribution is 9.08. The van der Waals surface area contributed by atoms with Crippen LogP contribution >= 0.6 is 15.9 Å². The van der Waals surface area contributed by atoms with Gasteiger partial charge in [-0.05, 0) is 17.7 Å². The van der Waals surface area contributed by atoms with Crippen LogP contribution < -0.4 is 9.47 Å². The van der Waals surface area contributed by atoms with Crippen LogP contribution in [0.15, 0.2) is 42.5 Å². The van der Waals surface area contributed by atoms with Crippen LogP contribution in [0, 0.1) is 10.1 Å². The molecule has 2 aromatic carbocycles. The average Bonchev–Trinajstić information content (AvgIpc) is 2.52. The van der Waals surface area contributed by atoms with E-state index in [0.29, 0.717) is 11.1 Å².